The topological polar surface area (TPSA) is 127 Å². The van der Waals surface area contributed by atoms with Gasteiger partial charge in [0.15, 0.2) is 4.34 Å². The standard InChI is InChI=1S/C19H17N5O4S2/c1-11-6-7-13(8-12(11)2)17(26)21-18-22-23-19(30-18)29-10-16(25)20-14-4-3-5-15(9-14)24(27)28/h3-9H,10H2,1-2H3,(H,20,25)(H,21,22,26). The highest BCUT2D eigenvalue weighted by Crippen LogP contribution is 2.26. The lowest BCUT2D eigenvalue weighted by Crippen LogP contribution is -2.14. The molecule has 3 aromatic rings. The Hall–Kier alpha value is -3.31. The van der Waals surface area contributed by atoms with Gasteiger partial charge < -0.3 is 5.32 Å². The molecule has 0 aliphatic heterocycles. The third-order valence-corrected chi connectivity index (χ3v) is 6.04. The van der Waals surface area contributed by atoms with E-state index >= 15 is 0 Å². The van der Waals surface area contributed by atoms with Gasteiger partial charge in [-0.1, -0.05) is 35.2 Å². The average molecular weight is 444 g/mol. The summed E-state index contributed by atoms with van der Waals surface area (Å²) in [6, 6.07) is 11.1. The molecule has 9 nitrogen and oxygen atoms in total. The first-order valence-corrected chi connectivity index (χ1v) is 10.5. The van der Waals surface area contributed by atoms with Crippen LogP contribution < -0.4 is 10.6 Å². The van der Waals surface area contributed by atoms with Crippen LogP contribution in [0.3, 0.4) is 0 Å². The van der Waals surface area contributed by atoms with E-state index in [0.717, 1.165) is 34.2 Å². The molecule has 0 unspecified atom stereocenters. The maximum Gasteiger partial charge on any atom is 0.271 e. The molecule has 0 bridgehead atoms. The summed E-state index contributed by atoms with van der Waals surface area (Å²) in [5.41, 5.74) is 2.89. The highest BCUT2D eigenvalue weighted by molar-refractivity contribution is 8.01. The fourth-order valence-electron chi connectivity index (χ4n) is 2.39. The molecule has 0 aliphatic rings. The van der Waals surface area contributed by atoms with Crippen LogP contribution in [0.1, 0.15) is 21.5 Å². The van der Waals surface area contributed by atoms with Crippen LogP contribution in [0.25, 0.3) is 0 Å². The number of non-ortho nitro benzene ring substituents is 1. The summed E-state index contributed by atoms with van der Waals surface area (Å²) in [6.07, 6.45) is 0. The summed E-state index contributed by atoms with van der Waals surface area (Å²) in [5, 5.41) is 24.3. The lowest BCUT2D eigenvalue weighted by molar-refractivity contribution is -0.384. The van der Waals surface area contributed by atoms with Crippen LogP contribution in [-0.2, 0) is 4.79 Å². The monoisotopic (exact) mass is 443 g/mol. The molecule has 1 aromatic heterocycles. The number of carbonyl (C=O) groups excluding carboxylic acids is 2. The van der Waals surface area contributed by atoms with Crippen LogP contribution >= 0.6 is 23.1 Å². The molecule has 1 heterocycles. The molecular weight excluding hydrogens is 426 g/mol. The number of hydrogen-bond donors (Lipinski definition) is 2. The summed E-state index contributed by atoms with van der Waals surface area (Å²) in [4.78, 5) is 34.7. The number of thioether (sulfide) groups is 1. The number of nitrogens with one attached hydrogen (secondary N) is 2. The Balaban J connectivity index is 1.53. The quantitative estimate of drug-likeness (QED) is 0.244. The van der Waals surface area contributed by atoms with Gasteiger partial charge >= 0.3 is 0 Å². The normalized spacial score (nSPS) is 10.5. The number of carbonyl (C=O) groups is 2. The van der Waals surface area contributed by atoms with Crippen LogP contribution in [0.5, 0.6) is 0 Å². The van der Waals surface area contributed by atoms with Gasteiger partial charge in [0.1, 0.15) is 0 Å². The first kappa shape index (κ1) is 21.4. The minimum atomic E-state index is -0.528. The lowest BCUT2D eigenvalue weighted by atomic mass is 10.1. The van der Waals surface area contributed by atoms with Gasteiger partial charge in [-0.2, -0.15) is 0 Å². The van der Waals surface area contributed by atoms with Crippen molar-refractivity contribution in [3.05, 3.63) is 69.3 Å². The zero-order chi connectivity index (χ0) is 21.7. The smallest absolute Gasteiger partial charge is 0.271 e. The van der Waals surface area contributed by atoms with Gasteiger partial charge in [-0.05, 0) is 43.2 Å². The van der Waals surface area contributed by atoms with E-state index < -0.39 is 4.92 Å². The molecule has 0 aliphatic carbocycles. The highest BCUT2D eigenvalue weighted by Gasteiger charge is 2.13. The molecule has 154 valence electrons. The molecule has 30 heavy (non-hydrogen) atoms. The summed E-state index contributed by atoms with van der Waals surface area (Å²) in [6.45, 7) is 3.91. The van der Waals surface area contributed by atoms with Crippen LogP contribution in [0.4, 0.5) is 16.5 Å². The lowest BCUT2D eigenvalue weighted by Gasteiger charge is -2.04. The fourth-order valence-corrected chi connectivity index (χ4v) is 3.94. The Bertz CT molecular complexity index is 1120. The maximum absolute atomic E-state index is 12.3. The van der Waals surface area contributed by atoms with E-state index in [9.17, 15) is 19.7 Å². The van der Waals surface area contributed by atoms with Crippen molar-refractivity contribution in [1.82, 2.24) is 10.2 Å². The first-order chi connectivity index (χ1) is 14.3. The molecule has 2 N–H and O–H groups in total. The van der Waals surface area contributed by atoms with Gasteiger partial charge in [-0.25, -0.2) is 0 Å². The number of amides is 2. The second-order valence-electron chi connectivity index (χ2n) is 6.27. The highest BCUT2D eigenvalue weighted by atomic mass is 32.2. The number of nitro groups is 1. The third-order valence-electron chi connectivity index (χ3n) is 4.06. The van der Waals surface area contributed by atoms with Gasteiger partial charge in [0, 0.05) is 23.4 Å². The summed E-state index contributed by atoms with van der Waals surface area (Å²) in [5.74, 6) is -0.576. The molecule has 0 saturated heterocycles. The molecule has 2 aromatic carbocycles. The number of rotatable bonds is 7. The molecule has 2 amide bonds. The molecule has 11 heteroatoms. The number of anilines is 2. The molecule has 0 radical (unpaired) electrons. The van der Waals surface area contributed by atoms with Gasteiger partial charge in [0.2, 0.25) is 11.0 Å². The minimum absolute atomic E-state index is 0.0441. The second kappa shape index (κ2) is 9.46. The van der Waals surface area contributed by atoms with E-state index in [0.29, 0.717) is 20.7 Å². The average Bonchev–Trinajstić information content (AvgIpc) is 3.16. The van der Waals surface area contributed by atoms with E-state index in [-0.39, 0.29) is 23.3 Å². The van der Waals surface area contributed by atoms with Crippen LogP contribution in [0, 0.1) is 24.0 Å². The Labute approximate surface area is 180 Å². The van der Waals surface area contributed by atoms with Crippen molar-refractivity contribution in [1.29, 1.82) is 0 Å². The fraction of sp³-hybridized carbons (Fsp3) is 0.158. The predicted octanol–water partition coefficient (Wildman–Crippen LogP) is 4.05. The molecular formula is C19H17N5O4S2. The number of nitrogens with zero attached hydrogens (tertiary/aromatic N) is 3. The second-order valence-corrected chi connectivity index (χ2v) is 8.47. The third kappa shape index (κ3) is 5.61. The molecule has 0 saturated carbocycles. The number of nitro benzene ring substituents is 1. The molecule has 0 atom stereocenters. The number of benzene rings is 2. The van der Waals surface area contributed by atoms with Gasteiger partial charge in [0.05, 0.1) is 10.7 Å². The Morgan fingerprint density at radius 2 is 1.90 bits per heavy atom. The zero-order valence-corrected chi connectivity index (χ0v) is 17.7. The van der Waals surface area contributed by atoms with Crippen molar-refractivity contribution in [2.45, 2.75) is 18.2 Å². The Morgan fingerprint density at radius 3 is 2.63 bits per heavy atom. The largest absolute Gasteiger partial charge is 0.325 e. The minimum Gasteiger partial charge on any atom is -0.325 e. The first-order valence-electron chi connectivity index (χ1n) is 8.71. The Morgan fingerprint density at radius 1 is 1.10 bits per heavy atom. The molecule has 0 spiro atoms. The maximum atomic E-state index is 12.3. The van der Waals surface area contributed by atoms with Gasteiger partial charge in [-0.3, -0.25) is 25.0 Å². The van der Waals surface area contributed by atoms with Gasteiger partial charge in [-0.15, -0.1) is 10.2 Å². The SMILES string of the molecule is Cc1ccc(C(=O)Nc2nnc(SCC(=O)Nc3cccc([N+](=O)[O-])c3)s2)cc1C. The number of aryl methyl sites for hydroxylation is 2. The van der Waals surface area contributed by atoms with Crippen molar-refractivity contribution in [3.63, 3.8) is 0 Å². The van der Waals surface area contributed by atoms with E-state index in [1.807, 2.05) is 19.9 Å². The van der Waals surface area contributed by atoms with Crippen molar-refractivity contribution < 1.29 is 14.5 Å². The van der Waals surface area contributed by atoms with Gasteiger partial charge in [0.25, 0.3) is 11.6 Å². The van der Waals surface area contributed by atoms with E-state index in [1.165, 1.54) is 18.2 Å². The van der Waals surface area contributed by atoms with Crippen molar-refractivity contribution in [2.75, 3.05) is 16.4 Å². The summed E-state index contributed by atoms with van der Waals surface area (Å²) in [7, 11) is 0. The predicted molar refractivity (Wildman–Crippen MR) is 116 cm³/mol. The van der Waals surface area contributed by atoms with Crippen LogP contribution in [0.2, 0.25) is 0 Å². The zero-order valence-electron chi connectivity index (χ0n) is 16.0. The summed E-state index contributed by atoms with van der Waals surface area (Å²) >= 11 is 2.31. The van der Waals surface area contributed by atoms with Crippen LogP contribution in [0.15, 0.2) is 46.8 Å². The number of hydrogen-bond acceptors (Lipinski definition) is 8. The van der Waals surface area contributed by atoms with Crippen molar-refractivity contribution in [3.8, 4) is 0 Å². The van der Waals surface area contributed by atoms with E-state index in [2.05, 4.69) is 20.8 Å². The molecule has 3 rings (SSSR count). The van der Waals surface area contributed by atoms with Crippen molar-refractivity contribution in [2.24, 2.45) is 0 Å². The van der Waals surface area contributed by atoms with Crippen molar-refractivity contribution >= 4 is 51.4 Å². The summed E-state index contributed by atoms with van der Waals surface area (Å²) < 4.78 is 0.513. The Kier molecular flexibility index (Phi) is 6.75. The number of aromatic nitrogens is 2. The van der Waals surface area contributed by atoms with E-state index in [4.69, 9.17) is 0 Å². The van der Waals surface area contributed by atoms with Crippen LogP contribution in [-0.4, -0.2) is 32.7 Å². The molecule has 0 fully saturated rings. The van der Waals surface area contributed by atoms with E-state index in [1.54, 1.807) is 18.2 Å².